The van der Waals surface area contributed by atoms with Crippen molar-refractivity contribution in [2.45, 2.75) is 12.0 Å². The quantitative estimate of drug-likeness (QED) is 0.839. The van der Waals surface area contributed by atoms with Gasteiger partial charge in [0, 0.05) is 0 Å². The standard InChI is InChI=1S/C18H19NO4.ClH/c1-22-17(20)15(16(19)18(21)23-2)14-10-8-13(9-11-14)12-6-4-3-5-7-12;/h3-11,15-16H,19H2,1-2H3;1H. The summed E-state index contributed by atoms with van der Waals surface area (Å²) in [6.45, 7) is 0. The normalized spacial score (nSPS) is 12.5. The summed E-state index contributed by atoms with van der Waals surface area (Å²) in [5.74, 6) is -2.14. The smallest absolute Gasteiger partial charge is 0.323 e. The zero-order valence-electron chi connectivity index (χ0n) is 13.5. The fourth-order valence-corrected chi connectivity index (χ4v) is 2.40. The molecule has 2 unspecified atom stereocenters. The molecule has 24 heavy (non-hydrogen) atoms. The number of hydrogen-bond acceptors (Lipinski definition) is 5. The number of methoxy groups -OCH3 is 2. The average molecular weight is 350 g/mol. The van der Waals surface area contributed by atoms with Crippen LogP contribution in [-0.2, 0) is 19.1 Å². The Balaban J connectivity index is 0.00000288. The Morgan fingerprint density at radius 1 is 0.833 bits per heavy atom. The molecule has 0 radical (unpaired) electrons. The Labute approximate surface area is 147 Å². The number of rotatable bonds is 5. The molecule has 0 heterocycles. The topological polar surface area (TPSA) is 78.6 Å². The van der Waals surface area contributed by atoms with E-state index in [1.165, 1.54) is 14.2 Å². The number of carbonyl (C=O) groups is 2. The molecule has 2 aromatic carbocycles. The molecule has 2 atom stereocenters. The summed E-state index contributed by atoms with van der Waals surface area (Å²) >= 11 is 0. The van der Waals surface area contributed by atoms with Crippen LogP contribution in [0.1, 0.15) is 11.5 Å². The Morgan fingerprint density at radius 3 is 1.83 bits per heavy atom. The number of nitrogens with two attached hydrogens (primary N) is 1. The lowest BCUT2D eigenvalue weighted by Gasteiger charge is -2.20. The molecule has 2 rings (SSSR count). The van der Waals surface area contributed by atoms with E-state index in [0.29, 0.717) is 5.56 Å². The number of benzene rings is 2. The lowest BCUT2D eigenvalue weighted by Crippen LogP contribution is -2.41. The van der Waals surface area contributed by atoms with Gasteiger partial charge in [0.05, 0.1) is 14.2 Å². The van der Waals surface area contributed by atoms with Crippen molar-refractivity contribution in [3.8, 4) is 11.1 Å². The van der Waals surface area contributed by atoms with Gasteiger partial charge in [-0.2, -0.15) is 0 Å². The molecule has 5 nitrogen and oxygen atoms in total. The summed E-state index contributed by atoms with van der Waals surface area (Å²) in [7, 11) is 2.49. The predicted molar refractivity (Wildman–Crippen MR) is 93.9 cm³/mol. The second-order valence-electron chi connectivity index (χ2n) is 5.04. The van der Waals surface area contributed by atoms with Gasteiger partial charge < -0.3 is 15.2 Å². The van der Waals surface area contributed by atoms with E-state index < -0.39 is 23.9 Å². The van der Waals surface area contributed by atoms with Crippen molar-refractivity contribution in [3.63, 3.8) is 0 Å². The number of esters is 2. The van der Waals surface area contributed by atoms with Gasteiger partial charge in [0.15, 0.2) is 0 Å². The van der Waals surface area contributed by atoms with Crippen molar-refractivity contribution in [2.75, 3.05) is 14.2 Å². The second-order valence-corrected chi connectivity index (χ2v) is 5.04. The van der Waals surface area contributed by atoms with Crippen LogP contribution < -0.4 is 5.73 Å². The van der Waals surface area contributed by atoms with Crippen LogP contribution in [-0.4, -0.2) is 32.2 Å². The summed E-state index contributed by atoms with van der Waals surface area (Å²) in [5, 5.41) is 0. The first-order valence-electron chi connectivity index (χ1n) is 7.15. The minimum atomic E-state index is -1.12. The molecule has 0 saturated heterocycles. The van der Waals surface area contributed by atoms with E-state index in [1.54, 1.807) is 12.1 Å². The highest BCUT2D eigenvalue weighted by atomic mass is 35.5. The summed E-state index contributed by atoms with van der Waals surface area (Å²) in [6.07, 6.45) is 0. The molecule has 2 N–H and O–H groups in total. The molecule has 0 fully saturated rings. The molecular formula is C18H20ClNO4. The number of halogens is 1. The molecule has 2 aromatic rings. The maximum absolute atomic E-state index is 12.0. The van der Waals surface area contributed by atoms with Crippen LogP contribution in [0.3, 0.4) is 0 Å². The molecule has 0 bridgehead atoms. The van der Waals surface area contributed by atoms with E-state index in [2.05, 4.69) is 4.74 Å². The predicted octanol–water partition coefficient (Wildman–Crippen LogP) is 2.53. The van der Waals surface area contributed by atoms with Crippen LogP contribution in [0.25, 0.3) is 11.1 Å². The Morgan fingerprint density at radius 2 is 1.33 bits per heavy atom. The van der Waals surface area contributed by atoms with Crippen molar-refractivity contribution in [2.24, 2.45) is 5.73 Å². The summed E-state index contributed by atoms with van der Waals surface area (Å²) in [4.78, 5) is 23.7. The molecule has 0 spiro atoms. The van der Waals surface area contributed by atoms with Crippen LogP contribution in [0, 0.1) is 0 Å². The minimum Gasteiger partial charge on any atom is -0.468 e. The third-order valence-corrected chi connectivity index (χ3v) is 3.66. The SMILES string of the molecule is COC(=O)C(N)C(C(=O)OC)c1ccc(-c2ccccc2)cc1.Cl. The summed E-state index contributed by atoms with van der Waals surface area (Å²) < 4.78 is 9.40. The fourth-order valence-electron chi connectivity index (χ4n) is 2.40. The first-order valence-corrected chi connectivity index (χ1v) is 7.15. The van der Waals surface area contributed by atoms with Crippen LogP contribution in [0.15, 0.2) is 54.6 Å². The Bertz CT molecular complexity index is 673. The molecule has 128 valence electrons. The molecule has 0 amide bonds. The molecular weight excluding hydrogens is 330 g/mol. The lowest BCUT2D eigenvalue weighted by molar-refractivity contribution is -0.150. The van der Waals surface area contributed by atoms with Crippen LogP contribution >= 0.6 is 12.4 Å². The molecule has 0 aliphatic carbocycles. The van der Waals surface area contributed by atoms with Crippen LogP contribution in [0.4, 0.5) is 0 Å². The second kappa shape index (κ2) is 9.05. The van der Waals surface area contributed by atoms with Gasteiger partial charge in [-0.05, 0) is 16.7 Å². The first kappa shape index (κ1) is 19.7. The van der Waals surface area contributed by atoms with Crippen LogP contribution in [0.2, 0.25) is 0 Å². The van der Waals surface area contributed by atoms with E-state index in [4.69, 9.17) is 10.5 Å². The van der Waals surface area contributed by atoms with Crippen molar-refractivity contribution >= 4 is 24.3 Å². The summed E-state index contributed by atoms with van der Waals surface area (Å²) in [5.41, 5.74) is 8.53. The van der Waals surface area contributed by atoms with Crippen LogP contribution in [0.5, 0.6) is 0 Å². The van der Waals surface area contributed by atoms with Gasteiger partial charge in [-0.15, -0.1) is 12.4 Å². The van der Waals surface area contributed by atoms with Crippen molar-refractivity contribution < 1.29 is 19.1 Å². The molecule has 0 aliphatic heterocycles. The monoisotopic (exact) mass is 349 g/mol. The first-order chi connectivity index (χ1) is 11.1. The number of ether oxygens (including phenoxy) is 2. The van der Waals surface area contributed by atoms with Gasteiger partial charge in [0.2, 0.25) is 0 Å². The van der Waals surface area contributed by atoms with Gasteiger partial charge >= 0.3 is 11.9 Å². The third kappa shape index (κ3) is 4.34. The Kier molecular flexibility index (Phi) is 7.42. The van der Waals surface area contributed by atoms with Gasteiger partial charge in [0.25, 0.3) is 0 Å². The van der Waals surface area contributed by atoms with E-state index in [1.807, 2.05) is 42.5 Å². The molecule has 0 saturated carbocycles. The van der Waals surface area contributed by atoms with Crippen molar-refractivity contribution in [1.29, 1.82) is 0 Å². The van der Waals surface area contributed by atoms with Crippen molar-refractivity contribution in [3.05, 3.63) is 60.2 Å². The van der Waals surface area contributed by atoms with Gasteiger partial charge in [-0.1, -0.05) is 54.6 Å². The average Bonchev–Trinajstić information content (AvgIpc) is 2.62. The van der Waals surface area contributed by atoms with E-state index in [9.17, 15) is 9.59 Å². The largest absolute Gasteiger partial charge is 0.468 e. The lowest BCUT2D eigenvalue weighted by atomic mass is 9.90. The zero-order chi connectivity index (χ0) is 16.8. The Hall–Kier alpha value is -2.37. The van der Waals surface area contributed by atoms with E-state index >= 15 is 0 Å². The van der Waals surface area contributed by atoms with E-state index in [-0.39, 0.29) is 12.4 Å². The number of carbonyl (C=O) groups excluding carboxylic acids is 2. The minimum absolute atomic E-state index is 0. The molecule has 0 aromatic heterocycles. The number of hydrogen-bond donors (Lipinski definition) is 1. The maximum Gasteiger partial charge on any atom is 0.323 e. The highest BCUT2D eigenvalue weighted by molar-refractivity contribution is 5.88. The van der Waals surface area contributed by atoms with E-state index in [0.717, 1.165) is 11.1 Å². The maximum atomic E-state index is 12.0. The third-order valence-electron chi connectivity index (χ3n) is 3.66. The highest BCUT2D eigenvalue weighted by Gasteiger charge is 2.33. The highest BCUT2D eigenvalue weighted by Crippen LogP contribution is 2.25. The molecule has 6 heteroatoms. The zero-order valence-corrected chi connectivity index (χ0v) is 14.3. The van der Waals surface area contributed by atoms with Crippen molar-refractivity contribution in [1.82, 2.24) is 0 Å². The van der Waals surface area contributed by atoms with Gasteiger partial charge in [-0.3, -0.25) is 9.59 Å². The summed E-state index contributed by atoms with van der Waals surface area (Å²) in [6, 6.07) is 16.0. The van der Waals surface area contributed by atoms with Gasteiger partial charge in [0.1, 0.15) is 12.0 Å². The molecule has 0 aliphatic rings. The fraction of sp³-hybridized carbons (Fsp3) is 0.222. The van der Waals surface area contributed by atoms with Gasteiger partial charge in [-0.25, -0.2) is 0 Å².